The number of rotatable bonds is 11. The molecule has 0 spiro atoms. The second-order valence-corrected chi connectivity index (χ2v) is 9.27. The maximum atomic E-state index is 12.7. The number of thioether (sulfide) groups is 1. The van der Waals surface area contributed by atoms with Crippen LogP contribution in [0.15, 0.2) is 35.4 Å². The Balaban J connectivity index is 1.94. The van der Waals surface area contributed by atoms with Crippen molar-refractivity contribution in [1.29, 1.82) is 0 Å². The van der Waals surface area contributed by atoms with E-state index in [0.717, 1.165) is 35.6 Å². The second kappa shape index (κ2) is 12.1. The molecule has 1 aliphatic rings. The summed E-state index contributed by atoms with van der Waals surface area (Å²) in [7, 11) is 1.64. The number of amides is 1. The van der Waals surface area contributed by atoms with Crippen molar-refractivity contribution in [2.75, 3.05) is 33.3 Å². The average molecular weight is 432 g/mol. The maximum absolute atomic E-state index is 12.7. The van der Waals surface area contributed by atoms with Gasteiger partial charge in [0.15, 0.2) is 0 Å². The fraction of sp³-hybridized carbons (Fsp3) is 0.542. The Kier molecular flexibility index (Phi) is 9.79. The summed E-state index contributed by atoms with van der Waals surface area (Å²) in [4.78, 5) is 16.5. The van der Waals surface area contributed by atoms with E-state index in [0.29, 0.717) is 23.1 Å². The molecule has 0 bridgehead atoms. The highest BCUT2D eigenvalue weighted by Gasteiger charge is 2.18. The molecule has 5 nitrogen and oxygen atoms in total. The molecule has 0 atom stereocenters. The molecule has 166 valence electrons. The molecule has 1 heterocycles. The number of benzene rings is 1. The van der Waals surface area contributed by atoms with Gasteiger partial charge in [0, 0.05) is 22.7 Å². The fourth-order valence-electron chi connectivity index (χ4n) is 3.54. The summed E-state index contributed by atoms with van der Waals surface area (Å²) < 4.78 is 5.51. The van der Waals surface area contributed by atoms with E-state index >= 15 is 0 Å². The maximum Gasteiger partial charge on any atom is 0.259 e. The molecular weight excluding hydrogens is 394 g/mol. The standard InChI is InChI=1S/C24H37N3O2S/c1-17(2)20-10-11-22(29-5)21(16-20)19(4)30-23(18(3)25)24(28)26-12-6-7-13-27-14-8-9-15-27/h10-11,16-17H,4,6-9,12-15,25H2,1-3,5H3,(H,26,28)/b23-18-. The van der Waals surface area contributed by atoms with Crippen molar-refractivity contribution < 1.29 is 9.53 Å². The minimum atomic E-state index is -0.138. The first-order chi connectivity index (χ1) is 14.3. The van der Waals surface area contributed by atoms with Crippen LogP contribution in [0.2, 0.25) is 0 Å². The first-order valence-corrected chi connectivity index (χ1v) is 11.7. The molecule has 0 unspecified atom stereocenters. The number of carbonyl (C=O) groups excluding carboxylic acids is 1. The predicted octanol–water partition coefficient (Wildman–Crippen LogP) is 4.70. The van der Waals surface area contributed by atoms with E-state index in [1.807, 2.05) is 6.07 Å². The van der Waals surface area contributed by atoms with E-state index in [-0.39, 0.29) is 5.91 Å². The lowest BCUT2D eigenvalue weighted by molar-refractivity contribution is -0.116. The average Bonchev–Trinajstić information content (AvgIpc) is 3.24. The summed E-state index contributed by atoms with van der Waals surface area (Å²) in [5.74, 6) is 0.997. The normalized spacial score (nSPS) is 15.2. The van der Waals surface area contributed by atoms with Gasteiger partial charge in [0.1, 0.15) is 5.75 Å². The van der Waals surface area contributed by atoms with Crippen LogP contribution in [0.3, 0.4) is 0 Å². The summed E-state index contributed by atoms with van der Waals surface area (Å²) in [6.07, 6.45) is 4.69. The Morgan fingerprint density at radius 3 is 2.60 bits per heavy atom. The molecule has 0 aromatic heterocycles. The van der Waals surface area contributed by atoms with Gasteiger partial charge in [-0.25, -0.2) is 0 Å². The van der Waals surface area contributed by atoms with Gasteiger partial charge >= 0.3 is 0 Å². The van der Waals surface area contributed by atoms with E-state index in [1.54, 1.807) is 14.0 Å². The summed E-state index contributed by atoms with van der Waals surface area (Å²) in [6.45, 7) is 14.4. The summed E-state index contributed by atoms with van der Waals surface area (Å²) in [5.41, 5.74) is 8.63. The van der Waals surface area contributed by atoms with Crippen LogP contribution in [-0.4, -0.2) is 44.1 Å². The van der Waals surface area contributed by atoms with E-state index in [1.165, 1.54) is 43.3 Å². The second-order valence-electron chi connectivity index (χ2n) is 8.16. The summed E-state index contributed by atoms with van der Waals surface area (Å²) in [5, 5.41) is 3.02. The third kappa shape index (κ3) is 7.10. The smallest absolute Gasteiger partial charge is 0.259 e. The molecule has 2 rings (SSSR count). The molecule has 1 aromatic carbocycles. The third-order valence-electron chi connectivity index (χ3n) is 5.37. The number of ether oxygens (including phenoxy) is 1. The number of nitrogens with two attached hydrogens (primary N) is 1. The lowest BCUT2D eigenvalue weighted by atomic mass is 10.0. The zero-order chi connectivity index (χ0) is 22.1. The van der Waals surface area contributed by atoms with Crippen molar-refractivity contribution in [3.05, 3.63) is 46.5 Å². The molecule has 1 aliphatic heterocycles. The third-order valence-corrected chi connectivity index (χ3v) is 6.54. The minimum absolute atomic E-state index is 0.138. The van der Waals surface area contributed by atoms with Gasteiger partial charge in [-0.3, -0.25) is 4.79 Å². The lowest BCUT2D eigenvalue weighted by Gasteiger charge is -2.16. The SMILES string of the molecule is C=C(S/C(C(=O)NCCCCN1CCCC1)=C(/C)N)c1cc(C(C)C)ccc1OC. The Morgan fingerprint density at radius 1 is 1.30 bits per heavy atom. The van der Waals surface area contributed by atoms with Crippen molar-refractivity contribution in [3.63, 3.8) is 0 Å². The molecule has 1 aromatic rings. The highest BCUT2D eigenvalue weighted by molar-refractivity contribution is 8.12. The Labute approximate surface area is 186 Å². The number of nitrogens with zero attached hydrogens (tertiary/aromatic N) is 1. The first kappa shape index (κ1) is 24.4. The molecule has 0 radical (unpaired) electrons. The van der Waals surface area contributed by atoms with Crippen molar-refractivity contribution in [2.24, 2.45) is 5.73 Å². The highest BCUT2D eigenvalue weighted by Crippen LogP contribution is 2.39. The van der Waals surface area contributed by atoms with Gasteiger partial charge in [0.2, 0.25) is 0 Å². The minimum Gasteiger partial charge on any atom is -0.496 e. The number of likely N-dealkylation sites (tertiary alicyclic amines) is 1. The van der Waals surface area contributed by atoms with E-state index in [4.69, 9.17) is 10.5 Å². The number of unbranched alkanes of at least 4 members (excludes halogenated alkanes) is 1. The molecule has 0 aliphatic carbocycles. The van der Waals surface area contributed by atoms with Gasteiger partial charge in [-0.2, -0.15) is 0 Å². The quantitative estimate of drug-likeness (QED) is 0.392. The molecule has 1 fully saturated rings. The van der Waals surface area contributed by atoms with Crippen LogP contribution in [0.1, 0.15) is 63.5 Å². The number of hydrogen-bond donors (Lipinski definition) is 2. The van der Waals surface area contributed by atoms with Gasteiger partial charge in [0.05, 0.1) is 12.0 Å². The molecule has 30 heavy (non-hydrogen) atoms. The topological polar surface area (TPSA) is 67.6 Å². The van der Waals surface area contributed by atoms with Crippen LogP contribution in [0.4, 0.5) is 0 Å². The highest BCUT2D eigenvalue weighted by atomic mass is 32.2. The van der Waals surface area contributed by atoms with Crippen LogP contribution < -0.4 is 15.8 Å². The molecule has 1 saturated heterocycles. The number of allylic oxidation sites excluding steroid dienone is 1. The van der Waals surface area contributed by atoms with Gasteiger partial charge < -0.3 is 20.7 Å². The van der Waals surface area contributed by atoms with Gasteiger partial charge in [0.25, 0.3) is 5.91 Å². The molecule has 1 amide bonds. The van der Waals surface area contributed by atoms with E-state index < -0.39 is 0 Å². The largest absolute Gasteiger partial charge is 0.496 e. The Bertz CT molecular complexity index is 764. The summed E-state index contributed by atoms with van der Waals surface area (Å²) in [6, 6.07) is 6.10. The first-order valence-electron chi connectivity index (χ1n) is 10.9. The van der Waals surface area contributed by atoms with Gasteiger partial charge in [-0.15, -0.1) is 0 Å². The Hall–Kier alpha value is -1.92. The van der Waals surface area contributed by atoms with Crippen molar-refractivity contribution in [3.8, 4) is 5.75 Å². The van der Waals surface area contributed by atoms with Crippen LogP contribution in [0, 0.1) is 0 Å². The van der Waals surface area contributed by atoms with Crippen molar-refractivity contribution >= 4 is 22.6 Å². The molecule has 3 N–H and O–H groups in total. The zero-order valence-electron chi connectivity index (χ0n) is 18.9. The molecule has 0 saturated carbocycles. The van der Waals surface area contributed by atoms with Crippen molar-refractivity contribution in [1.82, 2.24) is 10.2 Å². The number of methoxy groups -OCH3 is 1. The van der Waals surface area contributed by atoms with Crippen LogP contribution in [-0.2, 0) is 4.79 Å². The van der Waals surface area contributed by atoms with Crippen LogP contribution >= 0.6 is 11.8 Å². The molecule has 6 heteroatoms. The number of carbonyl (C=O) groups is 1. The van der Waals surface area contributed by atoms with Gasteiger partial charge in [-0.05, 0) is 75.9 Å². The monoisotopic (exact) mass is 431 g/mol. The number of nitrogens with one attached hydrogen (secondary N) is 1. The van der Waals surface area contributed by atoms with E-state index in [2.05, 4.69) is 42.8 Å². The Morgan fingerprint density at radius 2 is 2.00 bits per heavy atom. The predicted molar refractivity (Wildman–Crippen MR) is 129 cm³/mol. The fourth-order valence-corrected chi connectivity index (χ4v) is 4.38. The van der Waals surface area contributed by atoms with E-state index in [9.17, 15) is 4.79 Å². The zero-order valence-corrected chi connectivity index (χ0v) is 19.7. The van der Waals surface area contributed by atoms with Crippen molar-refractivity contribution in [2.45, 2.75) is 52.4 Å². The lowest BCUT2D eigenvalue weighted by Crippen LogP contribution is -2.27. The van der Waals surface area contributed by atoms with Crippen LogP contribution in [0.5, 0.6) is 5.75 Å². The summed E-state index contributed by atoms with van der Waals surface area (Å²) >= 11 is 1.31. The van der Waals surface area contributed by atoms with Gasteiger partial charge in [-0.1, -0.05) is 38.3 Å². The number of hydrogen-bond acceptors (Lipinski definition) is 5. The molecular formula is C24H37N3O2S. The van der Waals surface area contributed by atoms with Crippen LogP contribution in [0.25, 0.3) is 4.91 Å².